The van der Waals surface area contributed by atoms with Crippen molar-refractivity contribution in [3.05, 3.63) is 23.8 Å². The normalized spacial score (nSPS) is 21.1. The third kappa shape index (κ3) is 4.79. The number of hydrogen-bond donors (Lipinski definition) is 2. The molecule has 7 heteroatoms. The lowest BCUT2D eigenvalue weighted by molar-refractivity contribution is -0.0512. The van der Waals surface area contributed by atoms with Crippen molar-refractivity contribution in [3.8, 4) is 11.5 Å². The van der Waals surface area contributed by atoms with Crippen LogP contribution < -0.4 is 14.8 Å². The molecule has 0 spiro atoms. The highest BCUT2D eigenvalue weighted by Gasteiger charge is 2.23. The van der Waals surface area contributed by atoms with Crippen molar-refractivity contribution in [2.75, 3.05) is 13.7 Å². The van der Waals surface area contributed by atoms with E-state index in [-0.39, 0.29) is 23.0 Å². The minimum atomic E-state index is -3.00. The van der Waals surface area contributed by atoms with Crippen LogP contribution in [-0.2, 0) is 0 Å². The summed E-state index contributed by atoms with van der Waals surface area (Å²) in [5, 5.41) is 12.6. The smallest absolute Gasteiger partial charge is 0.387 e. The highest BCUT2D eigenvalue weighted by atomic mass is 19.3. The monoisotopic (exact) mass is 329 g/mol. The lowest BCUT2D eigenvalue weighted by Gasteiger charge is -2.27. The second kappa shape index (κ2) is 8.10. The maximum absolute atomic E-state index is 12.4. The van der Waals surface area contributed by atoms with Crippen LogP contribution >= 0.6 is 0 Å². The Labute approximate surface area is 133 Å². The van der Waals surface area contributed by atoms with Crippen molar-refractivity contribution >= 4 is 5.91 Å². The first-order valence-electron chi connectivity index (χ1n) is 7.60. The molecule has 2 rings (SSSR count). The standard InChI is InChI=1S/C16H21F2NO4/c1-22-13-7-6-10(8-14(13)23-16(17)18)15(21)19-9-11-4-2-3-5-12(11)20/h6-8,11-12,16,20H,2-5,9H2,1H3,(H,19,21)/t11-,12+/m0/s1. The Morgan fingerprint density at radius 3 is 2.74 bits per heavy atom. The number of methoxy groups -OCH3 is 1. The molecular formula is C16H21F2NO4. The fraction of sp³-hybridized carbons (Fsp3) is 0.562. The number of benzene rings is 1. The largest absolute Gasteiger partial charge is 0.493 e. The van der Waals surface area contributed by atoms with Crippen LogP contribution in [0, 0.1) is 5.92 Å². The second-order valence-corrected chi connectivity index (χ2v) is 5.57. The molecule has 0 radical (unpaired) electrons. The average molecular weight is 329 g/mol. The van der Waals surface area contributed by atoms with Gasteiger partial charge in [0.05, 0.1) is 13.2 Å². The van der Waals surface area contributed by atoms with Crippen LogP contribution in [0.2, 0.25) is 0 Å². The van der Waals surface area contributed by atoms with Crippen molar-refractivity contribution in [1.29, 1.82) is 0 Å². The van der Waals surface area contributed by atoms with E-state index in [4.69, 9.17) is 4.74 Å². The number of nitrogens with one attached hydrogen (secondary N) is 1. The molecular weight excluding hydrogens is 308 g/mol. The molecule has 23 heavy (non-hydrogen) atoms. The Morgan fingerprint density at radius 2 is 2.09 bits per heavy atom. The number of amides is 1. The maximum Gasteiger partial charge on any atom is 0.387 e. The molecule has 5 nitrogen and oxygen atoms in total. The number of ether oxygens (including phenoxy) is 2. The fourth-order valence-corrected chi connectivity index (χ4v) is 2.76. The number of aliphatic hydroxyl groups excluding tert-OH is 1. The van der Waals surface area contributed by atoms with Crippen LogP contribution in [0.15, 0.2) is 18.2 Å². The van der Waals surface area contributed by atoms with Crippen LogP contribution in [0.1, 0.15) is 36.0 Å². The molecule has 0 heterocycles. The van der Waals surface area contributed by atoms with Gasteiger partial charge in [-0.1, -0.05) is 12.8 Å². The number of carbonyl (C=O) groups is 1. The summed E-state index contributed by atoms with van der Waals surface area (Å²) in [6.07, 6.45) is 3.24. The maximum atomic E-state index is 12.4. The first-order chi connectivity index (χ1) is 11.0. The zero-order valence-electron chi connectivity index (χ0n) is 12.9. The van der Waals surface area contributed by atoms with E-state index in [0.29, 0.717) is 6.54 Å². The minimum Gasteiger partial charge on any atom is -0.493 e. The highest BCUT2D eigenvalue weighted by Crippen LogP contribution is 2.29. The topological polar surface area (TPSA) is 67.8 Å². The first kappa shape index (κ1) is 17.5. The number of halogens is 2. The van der Waals surface area contributed by atoms with E-state index in [1.54, 1.807) is 0 Å². The first-order valence-corrected chi connectivity index (χ1v) is 7.60. The average Bonchev–Trinajstić information content (AvgIpc) is 2.53. The molecule has 0 bridgehead atoms. The lowest BCUT2D eigenvalue weighted by atomic mass is 9.86. The van der Waals surface area contributed by atoms with E-state index in [9.17, 15) is 18.7 Å². The molecule has 2 atom stereocenters. The van der Waals surface area contributed by atoms with Gasteiger partial charge in [-0.05, 0) is 31.0 Å². The van der Waals surface area contributed by atoms with Gasteiger partial charge in [0, 0.05) is 18.0 Å². The van der Waals surface area contributed by atoms with Crippen LogP contribution in [-0.4, -0.2) is 37.4 Å². The van der Waals surface area contributed by atoms with Gasteiger partial charge < -0.3 is 19.9 Å². The summed E-state index contributed by atoms with van der Waals surface area (Å²) in [7, 11) is 1.33. The molecule has 0 saturated heterocycles. The van der Waals surface area contributed by atoms with Gasteiger partial charge in [-0.25, -0.2) is 0 Å². The van der Waals surface area contributed by atoms with Crippen LogP contribution in [0.3, 0.4) is 0 Å². The summed E-state index contributed by atoms with van der Waals surface area (Å²) in [5.74, 6) is -0.426. The molecule has 0 aromatic heterocycles. The Morgan fingerprint density at radius 1 is 1.35 bits per heavy atom. The molecule has 1 aromatic carbocycles. The predicted octanol–water partition coefficient (Wildman–Crippen LogP) is 2.58. The van der Waals surface area contributed by atoms with Crippen molar-refractivity contribution in [3.63, 3.8) is 0 Å². The van der Waals surface area contributed by atoms with Crippen molar-refractivity contribution in [2.24, 2.45) is 5.92 Å². The fourth-order valence-electron chi connectivity index (χ4n) is 2.76. The molecule has 1 aliphatic rings. The molecule has 0 aliphatic heterocycles. The SMILES string of the molecule is COc1ccc(C(=O)NC[C@@H]2CCCC[C@H]2O)cc1OC(F)F. The Bertz CT molecular complexity index is 539. The molecule has 1 saturated carbocycles. The number of aliphatic hydroxyl groups is 1. The van der Waals surface area contributed by atoms with Gasteiger partial charge in [-0.2, -0.15) is 8.78 Å². The summed E-state index contributed by atoms with van der Waals surface area (Å²) < 4.78 is 34.1. The minimum absolute atomic E-state index is 0.0303. The van der Waals surface area contributed by atoms with E-state index >= 15 is 0 Å². The summed E-state index contributed by atoms with van der Waals surface area (Å²) in [4.78, 5) is 12.2. The highest BCUT2D eigenvalue weighted by molar-refractivity contribution is 5.94. The van der Waals surface area contributed by atoms with Gasteiger partial charge in [-0.3, -0.25) is 4.79 Å². The second-order valence-electron chi connectivity index (χ2n) is 5.57. The summed E-state index contributed by atoms with van der Waals surface area (Å²) >= 11 is 0. The Kier molecular flexibility index (Phi) is 6.15. The van der Waals surface area contributed by atoms with E-state index in [1.807, 2.05) is 0 Å². The van der Waals surface area contributed by atoms with Crippen molar-refractivity contribution in [2.45, 2.75) is 38.4 Å². The number of rotatable bonds is 6. The zero-order chi connectivity index (χ0) is 16.8. The molecule has 1 aromatic rings. The summed E-state index contributed by atoms with van der Waals surface area (Å²) in [5.41, 5.74) is 0.201. The van der Waals surface area contributed by atoms with Crippen LogP contribution in [0.25, 0.3) is 0 Å². The number of alkyl halides is 2. The van der Waals surface area contributed by atoms with Crippen molar-refractivity contribution in [1.82, 2.24) is 5.32 Å². The quantitative estimate of drug-likeness (QED) is 0.842. The van der Waals surface area contributed by atoms with Gasteiger partial charge in [0.15, 0.2) is 11.5 Å². The number of carbonyl (C=O) groups excluding carboxylic acids is 1. The van der Waals surface area contributed by atoms with Crippen LogP contribution in [0.5, 0.6) is 11.5 Å². The molecule has 1 amide bonds. The van der Waals surface area contributed by atoms with Gasteiger partial charge in [0.25, 0.3) is 5.91 Å². The third-order valence-corrected chi connectivity index (χ3v) is 4.04. The van der Waals surface area contributed by atoms with Gasteiger partial charge >= 0.3 is 6.61 Å². The Balaban J connectivity index is 2.01. The summed E-state index contributed by atoms with van der Waals surface area (Å²) in [6.45, 7) is -2.64. The van der Waals surface area contributed by atoms with Gasteiger partial charge in [-0.15, -0.1) is 0 Å². The van der Waals surface area contributed by atoms with Gasteiger partial charge in [0.1, 0.15) is 0 Å². The van der Waals surface area contributed by atoms with Crippen LogP contribution in [0.4, 0.5) is 8.78 Å². The van der Waals surface area contributed by atoms with E-state index < -0.39 is 18.6 Å². The van der Waals surface area contributed by atoms with Crippen molar-refractivity contribution < 1.29 is 28.2 Å². The van der Waals surface area contributed by atoms with Gasteiger partial charge in [0.2, 0.25) is 0 Å². The predicted molar refractivity (Wildman–Crippen MR) is 79.9 cm³/mol. The molecule has 1 aliphatic carbocycles. The Hall–Kier alpha value is -1.89. The molecule has 0 unspecified atom stereocenters. The van der Waals surface area contributed by atoms with E-state index in [2.05, 4.69) is 10.1 Å². The zero-order valence-corrected chi connectivity index (χ0v) is 12.9. The molecule has 2 N–H and O–H groups in total. The molecule has 1 fully saturated rings. The van der Waals surface area contributed by atoms with E-state index in [0.717, 1.165) is 25.7 Å². The summed E-state index contributed by atoms with van der Waals surface area (Å²) in [6, 6.07) is 4.10. The number of hydrogen-bond acceptors (Lipinski definition) is 4. The lowest BCUT2D eigenvalue weighted by Crippen LogP contribution is -2.36. The van der Waals surface area contributed by atoms with E-state index in [1.165, 1.54) is 25.3 Å². The third-order valence-electron chi connectivity index (χ3n) is 4.04. The molecule has 128 valence electrons.